The fourth-order valence-electron chi connectivity index (χ4n) is 1.62. The molecule has 0 radical (unpaired) electrons. The fraction of sp³-hybridized carbons (Fsp3) is 0.778. The van der Waals surface area contributed by atoms with Crippen LogP contribution in [0.5, 0.6) is 0 Å². The second-order valence-electron chi connectivity index (χ2n) is 3.07. The minimum Gasteiger partial charge on any atom is -0.0575 e. The average molecular weight is 123 g/mol. The van der Waals surface area contributed by atoms with Gasteiger partial charge in [0.25, 0.3) is 0 Å². The van der Waals surface area contributed by atoms with Gasteiger partial charge in [-0.15, -0.1) is 0 Å². The molecule has 0 spiro atoms. The highest BCUT2D eigenvalue weighted by Crippen LogP contribution is 2.29. The zero-order chi connectivity index (χ0) is 6.69. The Hall–Kier alpha value is -0.350. The molecule has 1 rings (SSSR count). The van der Waals surface area contributed by atoms with Crippen molar-refractivity contribution in [3.63, 3.8) is 0 Å². The maximum Gasteiger partial charge on any atom is 0.218 e. The SMILES string of the molecule is C=[C+]C1CCCCC1C. The molecule has 1 fully saturated rings. The third-order valence-corrected chi connectivity index (χ3v) is 2.37. The van der Waals surface area contributed by atoms with Gasteiger partial charge in [0.05, 0.1) is 0 Å². The lowest BCUT2D eigenvalue weighted by Gasteiger charge is -2.17. The van der Waals surface area contributed by atoms with E-state index in [4.69, 9.17) is 0 Å². The Morgan fingerprint density at radius 2 is 2.00 bits per heavy atom. The summed E-state index contributed by atoms with van der Waals surface area (Å²) in [4.78, 5) is 0. The molecule has 0 heteroatoms. The Morgan fingerprint density at radius 3 is 2.44 bits per heavy atom. The molecule has 0 aliphatic heterocycles. The number of hydrogen-bond acceptors (Lipinski definition) is 0. The molecular formula is C9H15+. The van der Waals surface area contributed by atoms with Crippen LogP contribution in [0, 0.1) is 17.9 Å². The van der Waals surface area contributed by atoms with Crippen LogP contribution in [-0.4, -0.2) is 0 Å². The van der Waals surface area contributed by atoms with E-state index >= 15 is 0 Å². The van der Waals surface area contributed by atoms with Crippen LogP contribution in [0.2, 0.25) is 0 Å². The molecule has 1 aliphatic rings. The molecule has 1 saturated carbocycles. The van der Waals surface area contributed by atoms with Gasteiger partial charge < -0.3 is 0 Å². The predicted octanol–water partition coefficient (Wildman–Crippen LogP) is 2.80. The van der Waals surface area contributed by atoms with Crippen molar-refractivity contribution in [2.24, 2.45) is 11.8 Å². The van der Waals surface area contributed by atoms with Gasteiger partial charge in [0.15, 0.2) is 5.92 Å². The fourth-order valence-corrected chi connectivity index (χ4v) is 1.62. The molecule has 0 amide bonds. The second-order valence-corrected chi connectivity index (χ2v) is 3.07. The summed E-state index contributed by atoms with van der Waals surface area (Å²) in [5.74, 6) is 1.54. The van der Waals surface area contributed by atoms with E-state index < -0.39 is 0 Å². The van der Waals surface area contributed by atoms with Crippen LogP contribution in [0.15, 0.2) is 6.58 Å². The van der Waals surface area contributed by atoms with Gasteiger partial charge in [-0.25, -0.2) is 0 Å². The third kappa shape index (κ3) is 1.53. The predicted molar refractivity (Wildman–Crippen MR) is 40.0 cm³/mol. The first-order valence-electron chi connectivity index (χ1n) is 3.87. The highest BCUT2D eigenvalue weighted by molar-refractivity contribution is 4.79. The summed E-state index contributed by atoms with van der Waals surface area (Å²) < 4.78 is 0. The smallest absolute Gasteiger partial charge is 0.0575 e. The largest absolute Gasteiger partial charge is 0.218 e. The molecule has 0 aromatic carbocycles. The summed E-state index contributed by atoms with van der Waals surface area (Å²) >= 11 is 0. The molecule has 0 bridgehead atoms. The van der Waals surface area contributed by atoms with Crippen LogP contribution in [0.3, 0.4) is 0 Å². The van der Waals surface area contributed by atoms with E-state index in [2.05, 4.69) is 19.6 Å². The zero-order valence-electron chi connectivity index (χ0n) is 6.19. The van der Waals surface area contributed by atoms with E-state index in [0.29, 0.717) is 5.92 Å². The number of hydrogen-bond donors (Lipinski definition) is 0. The molecule has 50 valence electrons. The molecule has 0 aromatic heterocycles. The van der Waals surface area contributed by atoms with Gasteiger partial charge in [-0.3, -0.25) is 0 Å². The first-order valence-corrected chi connectivity index (χ1v) is 3.87. The van der Waals surface area contributed by atoms with Crippen molar-refractivity contribution in [1.82, 2.24) is 0 Å². The summed E-state index contributed by atoms with van der Waals surface area (Å²) in [5, 5.41) is 0. The molecule has 0 nitrogen and oxygen atoms in total. The first kappa shape index (κ1) is 6.77. The second kappa shape index (κ2) is 2.98. The van der Waals surface area contributed by atoms with Gasteiger partial charge in [-0.2, -0.15) is 0 Å². The van der Waals surface area contributed by atoms with Gasteiger partial charge >= 0.3 is 0 Å². The molecule has 2 unspecified atom stereocenters. The summed E-state index contributed by atoms with van der Waals surface area (Å²) in [5.41, 5.74) is 0. The van der Waals surface area contributed by atoms with Crippen LogP contribution in [0.4, 0.5) is 0 Å². The van der Waals surface area contributed by atoms with E-state index in [-0.39, 0.29) is 0 Å². The first-order chi connectivity index (χ1) is 4.34. The quantitative estimate of drug-likeness (QED) is 0.470. The summed E-state index contributed by atoms with van der Waals surface area (Å²) in [6.07, 6.45) is 8.61. The van der Waals surface area contributed by atoms with Crippen LogP contribution in [0.1, 0.15) is 32.6 Å². The lowest BCUT2D eigenvalue weighted by atomic mass is 9.81. The Balaban J connectivity index is 2.38. The summed E-state index contributed by atoms with van der Waals surface area (Å²) in [6, 6.07) is 0. The lowest BCUT2D eigenvalue weighted by Crippen LogP contribution is -2.14. The van der Waals surface area contributed by atoms with E-state index in [0.717, 1.165) is 5.92 Å². The van der Waals surface area contributed by atoms with Gasteiger partial charge in [-0.05, 0) is 12.8 Å². The monoisotopic (exact) mass is 123 g/mol. The number of allylic oxidation sites excluding steroid dienone is 1. The van der Waals surface area contributed by atoms with E-state index in [1.54, 1.807) is 0 Å². The summed E-state index contributed by atoms with van der Waals surface area (Å²) in [6.45, 7) is 6.02. The Kier molecular flexibility index (Phi) is 2.24. The maximum atomic E-state index is 3.71. The van der Waals surface area contributed by atoms with Crippen molar-refractivity contribution in [3.8, 4) is 0 Å². The van der Waals surface area contributed by atoms with Crippen LogP contribution < -0.4 is 0 Å². The normalized spacial score (nSPS) is 35.7. The van der Waals surface area contributed by atoms with Gasteiger partial charge in [0, 0.05) is 12.3 Å². The van der Waals surface area contributed by atoms with Gasteiger partial charge in [0.2, 0.25) is 6.08 Å². The van der Waals surface area contributed by atoms with Crippen LogP contribution in [0.25, 0.3) is 0 Å². The van der Waals surface area contributed by atoms with Crippen molar-refractivity contribution < 1.29 is 0 Å². The topological polar surface area (TPSA) is 0 Å². The highest BCUT2D eigenvalue weighted by Gasteiger charge is 2.26. The molecule has 0 N–H and O–H groups in total. The van der Waals surface area contributed by atoms with Gasteiger partial charge in [0.1, 0.15) is 6.58 Å². The standard InChI is InChI=1S/C9H15/c1-3-9-7-5-4-6-8(9)2/h8-9H,1,4-7H2,2H3/q+1. The van der Waals surface area contributed by atoms with Crippen molar-refractivity contribution in [3.05, 3.63) is 12.7 Å². The zero-order valence-corrected chi connectivity index (χ0v) is 6.19. The Morgan fingerprint density at radius 1 is 1.33 bits per heavy atom. The Bertz CT molecular complexity index is 94.2. The molecule has 1 aliphatic carbocycles. The molecular weight excluding hydrogens is 108 g/mol. The average Bonchev–Trinajstić information content (AvgIpc) is 1.89. The van der Waals surface area contributed by atoms with Gasteiger partial charge in [-0.1, -0.05) is 13.3 Å². The maximum absolute atomic E-state index is 3.71. The lowest BCUT2D eigenvalue weighted by molar-refractivity contribution is 0.300. The summed E-state index contributed by atoms with van der Waals surface area (Å²) in [7, 11) is 0. The molecule has 2 atom stereocenters. The minimum absolute atomic E-state index is 0.693. The minimum atomic E-state index is 0.693. The van der Waals surface area contributed by atoms with Crippen LogP contribution in [-0.2, 0) is 0 Å². The van der Waals surface area contributed by atoms with Crippen molar-refractivity contribution >= 4 is 0 Å². The van der Waals surface area contributed by atoms with Crippen molar-refractivity contribution in [1.29, 1.82) is 0 Å². The molecule has 0 aromatic rings. The van der Waals surface area contributed by atoms with Crippen molar-refractivity contribution in [2.75, 3.05) is 0 Å². The van der Waals surface area contributed by atoms with Crippen molar-refractivity contribution in [2.45, 2.75) is 32.6 Å². The number of rotatable bonds is 1. The van der Waals surface area contributed by atoms with E-state index in [9.17, 15) is 0 Å². The van der Waals surface area contributed by atoms with E-state index in [1.807, 2.05) is 0 Å². The van der Waals surface area contributed by atoms with Crippen LogP contribution >= 0.6 is 0 Å². The third-order valence-electron chi connectivity index (χ3n) is 2.37. The van der Waals surface area contributed by atoms with E-state index in [1.165, 1.54) is 25.7 Å². The Labute approximate surface area is 58.0 Å². The molecule has 9 heavy (non-hydrogen) atoms. The molecule has 0 heterocycles. The molecule has 0 saturated heterocycles. The highest BCUT2D eigenvalue weighted by atomic mass is 14.2.